The van der Waals surface area contributed by atoms with Crippen LogP contribution < -0.4 is 16.4 Å². The smallest absolute Gasteiger partial charge is 0.407 e. The van der Waals surface area contributed by atoms with Crippen LogP contribution in [0.3, 0.4) is 0 Å². The van der Waals surface area contributed by atoms with Gasteiger partial charge in [0.05, 0.1) is 6.04 Å². The van der Waals surface area contributed by atoms with Gasteiger partial charge < -0.3 is 26.0 Å². The first kappa shape index (κ1) is 22.7. The minimum atomic E-state index is -0.606. The summed E-state index contributed by atoms with van der Waals surface area (Å²) < 4.78 is 5.20. The van der Waals surface area contributed by atoms with Gasteiger partial charge in [0.25, 0.3) is 0 Å². The summed E-state index contributed by atoms with van der Waals surface area (Å²) in [5.74, 6) is -0.350. The largest absolute Gasteiger partial charge is 0.444 e. The number of carbonyl (C=O) groups is 3. The molecule has 1 aromatic carbocycles. The Morgan fingerprint density at radius 3 is 2.21 bits per heavy atom. The van der Waals surface area contributed by atoms with E-state index in [1.54, 1.807) is 11.8 Å². The molecule has 3 amide bonds. The highest BCUT2D eigenvalue weighted by Crippen LogP contribution is 2.18. The lowest BCUT2D eigenvalue weighted by Gasteiger charge is -2.25. The summed E-state index contributed by atoms with van der Waals surface area (Å²) in [6.07, 6.45) is 0.992. The van der Waals surface area contributed by atoms with Crippen molar-refractivity contribution in [3.8, 4) is 0 Å². The Hall–Kier alpha value is -2.61. The second-order valence-corrected chi connectivity index (χ2v) is 8.37. The first-order valence-electron chi connectivity index (χ1n) is 9.95. The summed E-state index contributed by atoms with van der Waals surface area (Å²) in [7, 11) is 0. The number of ether oxygens (including phenoxy) is 1. The molecular formula is C21H32N4O4. The van der Waals surface area contributed by atoms with Crippen LogP contribution in [-0.4, -0.2) is 47.0 Å². The Bertz CT molecular complexity index is 725. The van der Waals surface area contributed by atoms with E-state index in [-0.39, 0.29) is 11.8 Å². The molecule has 0 saturated carbocycles. The van der Waals surface area contributed by atoms with E-state index in [4.69, 9.17) is 10.5 Å². The Morgan fingerprint density at radius 2 is 1.69 bits per heavy atom. The fourth-order valence-corrected chi connectivity index (χ4v) is 3.13. The van der Waals surface area contributed by atoms with Gasteiger partial charge in [0.1, 0.15) is 11.6 Å². The number of benzene rings is 1. The zero-order valence-electron chi connectivity index (χ0n) is 17.7. The van der Waals surface area contributed by atoms with Crippen molar-refractivity contribution in [1.29, 1.82) is 0 Å². The molecular weight excluding hydrogens is 372 g/mol. The van der Waals surface area contributed by atoms with E-state index in [2.05, 4.69) is 10.6 Å². The first-order valence-corrected chi connectivity index (χ1v) is 9.95. The zero-order valence-corrected chi connectivity index (χ0v) is 17.7. The number of rotatable bonds is 6. The molecule has 8 heteroatoms. The third-order valence-corrected chi connectivity index (χ3v) is 4.55. The van der Waals surface area contributed by atoms with Gasteiger partial charge >= 0.3 is 6.09 Å². The van der Waals surface area contributed by atoms with E-state index in [0.717, 1.165) is 17.5 Å². The standard InChI is InChI=1S/C21H32N4O4/c1-14(22)19(27)25-11-5-6-17(25)18(26)23-12-15-7-9-16(10-8-15)13-24-20(28)29-21(2,3)4/h7-10,14,17H,5-6,11-13,22H2,1-4H3,(H,23,26)(H,24,28). The van der Waals surface area contributed by atoms with Crippen molar-refractivity contribution >= 4 is 17.9 Å². The van der Waals surface area contributed by atoms with E-state index < -0.39 is 23.8 Å². The molecule has 8 nitrogen and oxygen atoms in total. The molecule has 0 aliphatic carbocycles. The average Bonchev–Trinajstić information content (AvgIpc) is 3.13. The number of hydrogen-bond acceptors (Lipinski definition) is 5. The quantitative estimate of drug-likeness (QED) is 0.667. The number of hydrogen-bond donors (Lipinski definition) is 3. The summed E-state index contributed by atoms with van der Waals surface area (Å²) >= 11 is 0. The number of likely N-dealkylation sites (tertiary alicyclic amines) is 1. The van der Waals surface area contributed by atoms with Crippen molar-refractivity contribution in [2.24, 2.45) is 5.73 Å². The van der Waals surface area contributed by atoms with Gasteiger partial charge in [-0.2, -0.15) is 0 Å². The van der Waals surface area contributed by atoms with Crippen molar-refractivity contribution in [3.05, 3.63) is 35.4 Å². The molecule has 1 aromatic rings. The van der Waals surface area contributed by atoms with Crippen LogP contribution in [0, 0.1) is 0 Å². The van der Waals surface area contributed by atoms with E-state index >= 15 is 0 Å². The molecule has 29 heavy (non-hydrogen) atoms. The molecule has 1 aliphatic heterocycles. The maximum Gasteiger partial charge on any atom is 0.407 e. The van der Waals surface area contributed by atoms with Crippen LogP contribution in [0.2, 0.25) is 0 Å². The Morgan fingerprint density at radius 1 is 1.14 bits per heavy atom. The van der Waals surface area contributed by atoms with Gasteiger partial charge in [0, 0.05) is 19.6 Å². The third kappa shape index (κ3) is 7.05. The molecule has 1 heterocycles. The highest BCUT2D eigenvalue weighted by Gasteiger charge is 2.34. The molecule has 1 saturated heterocycles. The van der Waals surface area contributed by atoms with Crippen LogP contribution in [0.1, 0.15) is 51.7 Å². The van der Waals surface area contributed by atoms with Crippen LogP contribution >= 0.6 is 0 Å². The molecule has 2 rings (SSSR count). The number of nitrogens with two attached hydrogens (primary N) is 1. The van der Waals surface area contributed by atoms with Crippen LogP contribution in [0.15, 0.2) is 24.3 Å². The molecule has 0 aromatic heterocycles. The molecule has 1 fully saturated rings. The molecule has 2 unspecified atom stereocenters. The molecule has 2 atom stereocenters. The van der Waals surface area contributed by atoms with Crippen molar-refractivity contribution in [3.63, 3.8) is 0 Å². The summed E-state index contributed by atoms with van der Waals surface area (Å²) in [5.41, 5.74) is 7.00. The van der Waals surface area contributed by atoms with Crippen LogP contribution in [0.25, 0.3) is 0 Å². The normalized spacial score (nSPS) is 17.6. The number of nitrogens with zero attached hydrogens (tertiary/aromatic N) is 1. The van der Waals surface area contributed by atoms with Gasteiger partial charge in [-0.05, 0) is 51.7 Å². The summed E-state index contributed by atoms with van der Waals surface area (Å²) in [5, 5.41) is 5.60. The van der Waals surface area contributed by atoms with Crippen molar-refractivity contribution < 1.29 is 19.1 Å². The van der Waals surface area contributed by atoms with E-state index in [1.165, 1.54) is 0 Å². The molecule has 1 aliphatic rings. The number of nitrogens with one attached hydrogen (secondary N) is 2. The second kappa shape index (κ2) is 9.73. The van der Waals surface area contributed by atoms with Crippen LogP contribution in [0.5, 0.6) is 0 Å². The molecule has 0 bridgehead atoms. The minimum Gasteiger partial charge on any atom is -0.444 e. The lowest BCUT2D eigenvalue weighted by atomic mass is 10.1. The van der Waals surface area contributed by atoms with Gasteiger partial charge in [-0.3, -0.25) is 9.59 Å². The number of alkyl carbamates (subject to hydrolysis) is 1. The maximum atomic E-state index is 12.5. The van der Waals surface area contributed by atoms with Crippen molar-refractivity contribution in [1.82, 2.24) is 15.5 Å². The lowest BCUT2D eigenvalue weighted by Crippen LogP contribution is -2.50. The SMILES string of the molecule is CC(N)C(=O)N1CCCC1C(=O)NCc1ccc(CNC(=O)OC(C)(C)C)cc1. The lowest BCUT2D eigenvalue weighted by molar-refractivity contribution is -0.139. The molecule has 0 radical (unpaired) electrons. The summed E-state index contributed by atoms with van der Waals surface area (Å²) in [4.78, 5) is 37.9. The van der Waals surface area contributed by atoms with Crippen molar-refractivity contribution in [2.75, 3.05) is 6.54 Å². The topological polar surface area (TPSA) is 114 Å². The number of amides is 3. The Balaban J connectivity index is 1.82. The second-order valence-electron chi connectivity index (χ2n) is 8.37. The predicted octanol–water partition coefficient (Wildman–Crippen LogP) is 1.67. The molecule has 4 N–H and O–H groups in total. The van der Waals surface area contributed by atoms with Gasteiger partial charge in [0.15, 0.2) is 0 Å². The molecule has 160 valence electrons. The maximum absolute atomic E-state index is 12.5. The monoisotopic (exact) mass is 404 g/mol. The highest BCUT2D eigenvalue weighted by molar-refractivity contribution is 5.90. The van der Waals surface area contributed by atoms with E-state index in [0.29, 0.717) is 26.1 Å². The predicted molar refractivity (Wildman–Crippen MR) is 110 cm³/mol. The van der Waals surface area contributed by atoms with Crippen LogP contribution in [0.4, 0.5) is 4.79 Å². The Labute approximate surface area is 172 Å². The third-order valence-electron chi connectivity index (χ3n) is 4.55. The van der Waals surface area contributed by atoms with Crippen LogP contribution in [-0.2, 0) is 27.4 Å². The number of carbonyl (C=O) groups excluding carboxylic acids is 3. The highest BCUT2D eigenvalue weighted by atomic mass is 16.6. The van der Waals surface area contributed by atoms with Gasteiger partial charge in [-0.15, -0.1) is 0 Å². The summed E-state index contributed by atoms with van der Waals surface area (Å²) in [6.45, 7) is 8.37. The zero-order chi connectivity index (χ0) is 21.6. The fourth-order valence-electron chi connectivity index (χ4n) is 3.13. The first-order chi connectivity index (χ1) is 13.6. The van der Waals surface area contributed by atoms with E-state index in [1.807, 2.05) is 45.0 Å². The van der Waals surface area contributed by atoms with Gasteiger partial charge in [-0.25, -0.2) is 4.79 Å². The average molecular weight is 405 g/mol. The Kier molecular flexibility index (Phi) is 7.61. The van der Waals surface area contributed by atoms with Gasteiger partial charge in [-0.1, -0.05) is 24.3 Å². The van der Waals surface area contributed by atoms with Crippen molar-refractivity contribution in [2.45, 2.75) is 71.3 Å². The fraction of sp³-hybridized carbons (Fsp3) is 0.571. The summed E-state index contributed by atoms with van der Waals surface area (Å²) in [6, 6.07) is 6.51. The van der Waals surface area contributed by atoms with Gasteiger partial charge in [0.2, 0.25) is 11.8 Å². The van der Waals surface area contributed by atoms with E-state index in [9.17, 15) is 14.4 Å². The minimum absolute atomic E-state index is 0.160. The molecule has 0 spiro atoms.